The first-order valence-electron chi connectivity index (χ1n) is 15.0. The Morgan fingerprint density at radius 3 is 1.84 bits per heavy atom. The summed E-state index contributed by atoms with van der Waals surface area (Å²) in [7, 11) is 0.110. The number of hydrogen-bond acceptors (Lipinski definition) is 2. The van der Waals surface area contributed by atoms with Crippen molar-refractivity contribution in [1.29, 1.82) is 1.28 Å². The molecule has 0 amide bonds. The van der Waals surface area contributed by atoms with Crippen molar-refractivity contribution in [2.45, 2.75) is 0 Å². The lowest BCUT2D eigenvalue weighted by Gasteiger charge is -2.12. The highest BCUT2D eigenvalue weighted by atomic mass is 31.0. The molecule has 0 fully saturated rings. The standard InChI is InChI=1S/C38H27BN3P/c43-39-29-20-23-34-33(24-29)37(27-16-14-26(15-17-27)25-8-2-1-3-9-25)41-38(40-34)28-18-21-30(22-19-28)42-35-12-6-4-10-31(35)32-11-5-7-13-36(32)42/h1-24,39H,43H2/i43T. The Kier molecular flexibility index (Phi) is 6.08. The maximum Gasteiger partial charge on any atom is 0.180 e. The maximum atomic E-state index is 7.77. The molecule has 1 unspecified atom stereocenters. The molecule has 3 nitrogen and oxygen atoms in total. The Labute approximate surface area is 254 Å². The van der Waals surface area contributed by atoms with Crippen molar-refractivity contribution >= 4 is 54.2 Å². The minimum atomic E-state index is 0.110. The molecule has 5 heteroatoms. The second kappa shape index (κ2) is 10.7. The molecule has 8 rings (SSSR count). The van der Waals surface area contributed by atoms with Gasteiger partial charge in [-0.2, -0.15) is 9.06 Å². The summed E-state index contributed by atoms with van der Waals surface area (Å²) in [6.07, 6.45) is 0. The van der Waals surface area contributed by atoms with Crippen LogP contribution >= 0.6 is 9.06 Å². The van der Waals surface area contributed by atoms with E-state index >= 15 is 0 Å². The number of rotatable bonds is 6. The van der Waals surface area contributed by atoms with E-state index in [9.17, 15) is 0 Å². The topological polar surface area (TPSA) is 30.7 Å². The van der Waals surface area contributed by atoms with Gasteiger partial charge in [0.1, 0.15) is 0 Å². The van der Waals surface area contributed by atoms with Crippen LogP contribution < -0.4 is 5.46 Å². The summed E-state index contributed by atoms with van der Waals surface area (Å²) in [6.45, 7) is 0.730. The van der Waals surface area contributed by atoms with Gasteiger partial charge in [-0.3, -0.25) is 0 Å². The molecule has 0 bridgehead atoms. The van der Waals surface area contributed by atoms with E-state index in [1.165, 1.54) is 32.9 Å². The number of nitrogens with zero attached hydrogens (tertiary/aromatic N) is 3. The van der Waals surface area contributed by atoms with Gasteiger partial charge in [-0.05, 0) is 53.6 Å². The van der Waals surface area contributed by atoms with Crippen LogP contribution in [-0.4, -0.2) is 22.8 Å². The smallest absolute Gasteiger partial charge is 0.180 e. The van der Waals surface area contributed by atoms with Crippen molar-refractivity contribution in [2.24, 2.45) is 0 Å². The van der Waals surface area contributed by atoms with Crippen molar-refractivity contribution < 1.29 is 0 Å². The van der Waals surface area contributed by atoms with Crippen LogP contribution in [0.5, 0.6) is 0 Å². The molecule has 43 heavy (non-hydrogen) atoms. The predicted molar refractivity (Wildman–Crippen MR) is 187 cm³/mol. The summed E-state index contributed by atoms with van der Waals surface area (Å²) < 4.78 is 10.1. The van der Waals surface area contributed by atoms with Crippen LogP contribution in [0.25, 0.3) is 72.2 Å². The Morgan fingerprint density at radius 1 is 0.535 bits per heavy atom. The van der Waals surface area contributed by atoms with E-state index in [0.717, 1.165) is 45.9 Å². The van der Waals surface area contributed by atoms with Crippen molar-refractivity contribution in [3.8, 4) is 39.5 Å². The van der Waals surface area contributed by atoms with Crippen molar-refractivity contribution in [3.05, 3.63) is 146 Å². The molecule has 202 valence electrons. The summed E-state index contributed by atoms with van der Waals surface area (Å²) >= 11 is 0. The monoisotopic (exact) mass is 569 g/mol. The molecule has 0 saturated carbocycles. The summed E-state index contributed by atoms with van der Waals surface area (Å²) in [6, 6.07) is 51.1. The molecule has 0 aliphatic heterocycles. The van der Waals surface area contributed by atoms with Gasteiger partial charge in [-0.1, -0.05) is 109 Å². The van der Waals surface area contributed by atoms with Gasteiger partial charge in [0.05, 0.1) is 22.2 Å². The molecule has 1 atom stereocenters. The van der Waals surface area contributed by atoms with E-state index in [4.69, 9.17) is 11.2 Å². The van der Waals surface area contributed by atoms with E-state index in [-0.39, 0.29) is 9.06 Å². The van der Waals surface area contributed by atoms with E-state index < -0.39 is 0 Å². The summed E-state index contributed by atoms with van der Waals surface area (Å²) in [4.78, 5) is 10.2. The van der Waals surface area contributed by atoms with Gasteiger partial charge in [-0.15, -0.1) is 0 Å². The van der Waals surface area contributed by atoms with E-state index in [1.54, 1.807) is 0 Å². The van der Waals surface area contributed by atoms with Crippen LogP contribution in [0, 0.1) is 0 Å². The lowest BCUT2D eigenvalue weighted by Crippen LogP contribution is -2.08. The zero-order valence-electron chi connectivity index (χ0n) is 24.4. The second-order valence-electron chi connectivity index (χ2n) is 10.8. The molecule has 6 aromatic carbocycles. The van der Waals surface area contributed by atoms with Crippen LogP contribution in [0.2, 0.25) is 0 Å². The Hall–Kier alpha value is -5.05. The number of fused-ring (bicyclic) bond motifs is 4. The van der Waals surface area contributed by atoms with Crippen molar-refractivity contribution in [1.82, 2.24) is 14.5 Å². The molecule has 0 aliphatic carbocycles. The van der Waals surface area contributed by atoms with Crippen LogP contribution in [0.15, 0.2) is 146 Å². The average molecular weight is 569 g/mol. The van der Waals surface area contributed by atoms with Gasteiger partial charge in [0.2, 0.25) is 0 Å². The highest BCUT2D eigenvalue weighted by Crippen LogP contribution is 2.34. The Balaban J connectivity index is 1.24. The average Bonchev–Trinajstić information content (AvgIpc) is 3.43. The molecule has 2 heterocycles. The van der Waals surface area contributed by atoms with Crippen LogP contribution in [0.3, 0.4) is 0 Å². The minimum absolute atomic E-state index is 0.110. The summed E-state index contributed by atoms with van der Waals surface area (Å²) in [5.41, 5.74) is 10.8. The number of aromatic nitrogens is 3. The third-order valence-electron chi connectivity index (χ3n) is 8.19. The fourth-order valence-electron chi connectivity index (χ4n) is 6.05. The SMILES string of the molecule is [3H]PBc1ccc2nc(-c3ccc(-n4c5ccccc5c5ccccc54)cc3)nc(-c3ccc(-c4ccccc4)cc3)c2c1. The highest BCUT2D eigenvalue weighted by Gasteiger charge is 2.15. The zero-order valence-corrected chi connectivity index (χ0v) is 24.4. The van der Waals surface area contributed by atoms with Crippen LogP contribution in [-0.2, 0) is 0 Å². The van der Waals surface area contributed by atoms with Gasteiger partial charge in [-0.25, -0.2) is 9.97 Å². The summed E-state index contributed by atoms with van der Waals surface area (Å²) in [5.74, 6) is 0.698. The van der Waals surface area contributed by atoms with Gasteiger partial charge in [0.15, 0.2) is 12.8 Å². The molecule has 2 aromatic heterocycles. The highest BCUT2D eigenvalue weighted by molar-refractivity contribution is 7.58. The number of benzene rings is 6. The second-order valence-corrected chi connectivity index (χ2v) is 11.1. The molecular formula is C38H27BN3P. The lowest BCUT2D eigenvalue weighted by atomic mass is 9.91. The van der Waals surface area contributed by atoms with Gasteiger partial charge >= 0.3 is 0 Å². The quantitative estimate of drug-likeness (QED) is 0.148. The largest absolute Gasteiger partial charge is 0.309 e. The third-order valence-corrected chi connectivity index (χ3v) is 8.60. The molecule has 0 radical (unpaired) electrons. The van der Waals surface area contributed by atoms with Gasteiger partial charge in [0, 0.05) is 34.3 Å². The molecule has 8 aromatic rings. The first kappa shape index (κ1) is 24.5. The molecule has 0 spiro atoms. The normalized spacial score (nSPS) is 12.0. The van der Waals surface area contributed by atoms with Gasteiger partial charge in [0.25, 0.3) is 0 Å². The van der Waals surface area contributed by atoms with Gasteiger partial charge < -0.3 is 4.57 Å². The van der Waals surface area contributed by atoms with Crippen molar-refractivity contribution in [3.63, 3.8) is 0 Å². The van der Waals surface area contributed by atoms with E-state index in [1.807, 2.05) is 6.07 Å². The maximum absolute atomic E-state index is 7.77. The van der Waals surface area contributed by atoms with Crippen molar-refractivity contribution in [2.75, 3.05) is 0 Å². The molecule has 0 aliphatic rings. The first-order chi connectivity index (χ1) is 21.8. The molecule has 0 saturated heterocycles. The number of para-hydroxylation sites is 2. The zero-order chi connectivity index (χ0) is 29.5. The molecule has 0 N–H and O–H groups in total. The van der Waals surface area contributed by atoms with Crippen LogP contribution in [0.4, 0.5) is 0 Å². The fraction of sp³-hybridized carbons (Fsp3) is 0. The van der Waals surface area contributed by atoms with E-state index in [2.05, 4.69) is 144 Å². The lowest BCUT2D eigenvalue weighted by molar-refractivity contribution is 1.17. The minimum Gasteiger partial charge on any atom is -0.309 e. The third kappa shape index (κ3) is 4.52. The first-order valence-corrected chi connectivity index (χ1v) is 15.2. The van der Waals surface area contributed by atoms with E-state index in [0.29, 0.717) is 5.82 Å². The summed E-state index contributed by atoms with van der Waals surface area (Å²) in [5, 5.41) is 3.51. The fourth-order valence-corrected chi connectivity index (χ4v) is 6.27. The Morgan fingerprint density at radius 2 is 1.14 bits per heavy atom. The predicted octanol–water partition coefficient (Wildman–Crippen LogP) is 8.58. The molecular weight excluding hydrogens is 540 g/mol. The van der Waals surface area contributed by atoms with Crippen LogP contribution in [0.1, 0.15) is 0 Å². The Bertz CT molecular complexity index is 2230. The number of hydrogen-bond donors (Lipinski definition) is 0.